The van der Waals surface area contributed by atoms with E-state index in [1.165, 1.54) is 24.9 Å². The molecule has 1 N–H and O–H groups in total. The van der Waals surface area contributed by atoms with Gasteiger partial charge in [0, 0.05) is 44.3 Å². The molecule has 114 valence electrons. The van der Waals surface area contributed by atoms with E-state index in [2.05, 4.69) is 22.0 Å². The van der Waals surface area contributed by atoms with Gasteiger partial charge in [0.15, 0.2) is 0 Å². The molecule has 0 unspecified atom stereocenters. The van der Waals surface area contributed by atoms with Gasteiger partial charge in [0.05, 0.1) is 0 Å². The van der Waals surface area contributed by atoms with Crippen LogP contribution in [0.2, 0.25) is 0 Å². The highest BCUT2D eigenvalue weighted by molar-refractivity contribution is 5.64. The Bertz CT molecular complexity index is 484. The van der Waals surface area contributed by atoms with Crippen LogP contribution in [0.1, 0.15) is 32.1 Å². The van der Waals surface area contributed by atoms with Gasteiger partial charge in [-0.2, -0.15) is 0 Å². The quantitative estimate of drug-likeness (QED) is 0.863. The summed E-state index contributed by atoms with van der Waals surface area (Å²) in [5.41, 5.74) is 1.61. The van der Waals surface area contributed by atoms with Crippen LogP contribution in [0, 0.1) is 5.41 Å². The van der Waals surface area contributed by atoms with Crippen molar-refractivity contribution in [1.82, 2.24) is 9.88 Å². The number of carbonyl (C=O) groups is 1. The number of carboxylic acid groups (broad SMARTS) is 1. The maximum atomic E-state index is 11.1. The van der Waals surface area contributed by atoms with Gasteiger partial charge in [0.2, 0.25) is 0 Å². The summed E-state index contributed by atoms with van der Waals surface area (Å²) in [4.78, 5) is 19.2. The number of hydrogen-bond acceptors (Lipinski definition) is 3. The molecule has 5 nitrogen and oxygen atoms in total. The van der Waals surface area contributed by atoms with Gasteiger partial charge in [-0.25, -0.2) is 4.79 Å². The standard InChI is InChI=1S/C16H23N3O2/c20-15(21)19-10-1-4-16(7-13-19)5-11-18(12-6-16)14-2-8-17-9-3-14/h2-3,8-9H,1,4-7,10-13H2,(H,20,21). The number of anilines is 1. The Labute approximate surface area is 125 Å². The van der Waals surface area contributed by atoms with Crippen LogP contribution in [-0.2, 0) is 0 Å². The third-order valence-electron chi connectivity index (χ3n) is 5.17. The Morgan fingerprint density at radius 1 is 1.05 bits per heavy atom. The first-order valence-corrected chi connectivity index (χ1v) is 7.81. The predicted molar refractivity (Wildman–Crippen MR) is 81.6 cm³/mol. The molecule has 1 aromatic heterocycles. The summed E-state index contributed by atoms with van der Waals surface area (Å²) in [6.45, 7) is 3.53. The second-order valence-corrected chi connectivity index (χ2v) is 6.32. The highest BCUT2D eigenvalue weighted by atomic mass is 16.4. The number of aromatic nitrogens is 1. The Hall–Kier alpha value is -1.78. The third kappa shape index (κ3) is 3.12. The summed E-state index contributed by atoms with van der Waals surface area (Å²) in [5, 5.41) is 9.15. The Balaban J connectivity index is 1.61. The Morgan fingerprint density at radius 2 is 1.71 bits per heavy atom. The first-order chi connectivity index (χ1) is 10.2. The summed E-state index contributed by atoms with van der Waals surface area (Å²) < 4.78 is 0. The van der Waals surface area contributed by atoms with E-state index in [9.17, 15) is 4.79 Å². The van der Waals surface area contributed by atoms with Crippen molar-refractivity contribution >= 4 is 11.8 Å². The van der Waals surface area contributed by atoms with Crippen molar-refractivity contribution < 1.29 is 9.90 Å². The van der Waals surface area contributed by atoms with Crippen LogP contribution >= 0.6 is 0 Å². The number of pyridine rings is 1. The van der Waals surface area contributed by atoms with Crippen LogP contribution in [0.4, 0.5) is 10.5 Å². The average Bonchev–Trinajstić information content (AvgIpc) is 2.72. The van der Waals surface area contributed by atoms with Gasteiger partial charge in [0.1, 0.15) is 0 Å². The third-order valence-corrected chi connectivity index (χ3v) is 5.17. The van der Waals surface area contributed by atoms with Gasteiger partial charge < -0.3 is 14.9 Å². The van der Waals surface area contributed by atoms with E-state index >= 15 is 0 Å². The molecule has 3 rings (SSSR count). The van der Waals surface area contributed by atoms with E-state index in [1.807, 2.05) is 12.4 Å². The van der Waals surface area contributed by atoms with Gasteiger partial charge in [-0.3, -0.25) is 4.98 Å². The largest absolute Gasteiger partial charge is 0.465 e. The zero-order chi connectivity index (χ0) is 14.7. The number of rotatable bonds is 1. The minimum Gasteiger partial charge on any atom is -0.465 e. The second kappa shape index (κ2) is 5.92. The molecular formula is C16H23N3O2. The minimum atomic E-state index is -0.763. The van der Waals surface area contributed by atoms with Crippen molar-refractivity contribution in [2.75, 3.05) is 31.1 Å². The highest BCUT2D eigenvalue weighted by Gasteiger charge is 2.36. The molecule has 3 heterocycles. The fourth-order valence-electron chi connectivity index (χ4n) is 3.74. The molecule has 2 fully saturated rings. The first-order valence-electron chi connectivity index (χ1n) is 7.81. The van der Waals surface area contributed by atoms with Crippen LogP contribution < -0.4 is 4.90 Å². The predicted octanol–water partition coefficient (Wildman–Crippen LogP) is 2.83. The second-order valence-electron chi connectivity index (χ2n) is 6.32. The summed E-state index contributed by atoms with van der Waals surface area (Å²) >= 11 is 0. The topological polar surface area (TPSA) is 56.7 Å². The van der Waals surface area contributed by atoms with Crippen LogP contribution in [0.5, 0.6) is 0 Å². The molecule has 2 aliphatic heterocycles. The van der Waals surface area contributed by atoms with Crippen LogP contribution in [0.25, 0.3) is 0 Å². The fraction of sp³-hybridized carbons (Fsp3) is 0.625. The zero-order valence-corrected chi connectivity index (χ0v) is 12.4. The molecule has 0 bridgehead atoms. The molecule has 0 atom stereocenters. The highest BCUT2D eigenvalue weighted by Crippen LogP contribution is 2.42. The van der Waals surface area contributed by atoms with Gasteiger partial charge in [-0.15, -0.1) is 0 Å². The van der Waals surface area contributed by atoms with Gasteiger partial charge in [-0.05, 0) is 49.7 Å². The molecule has 0 saturated carbocycles. The average molecular weight is 289 g/mol. The molecule has 21 heavy (non-hydrogen) atoms. The monoisotopic (exact) mass is 289 g/mol. The lowest BCUT2D eigenvalue weighted by atomic mass is 9.73. The Kier molecular flexibility index (Phi) is 3.99. The van der Waals surface area contributed by atoms with Gasteiger partial charge in [-0.1, -0.05) is 0 Å². The molecular weight excluding hydrogens is 266 g/mol. The Morgan fingerprint density at radius 3 is 2.38 bits per heavy atom. The van der Waals surface area contributed by atoms with E-state index in [0.717, 1.165) is 25.9 Å². The van der Waals surface area contributed by atoms with Crippen molar-refractivity contribution in [3.8, 4) is 0 Å². The number of likely N-dealkylation sites (tertiary alicyclic amines) is 1. The normalized spacial score (nSPS) is 22.1. The van der Waals surface area contributed by atoms with E-state index in [-0.39, 0.29) is 0 Å². The van der Waals surface area contributed by atoms with Crippen molar-refractivity contribution in [3.63, 3.8) is 0 Å². The number of piperidine rings is 1. The van der Waals surface area contributed by atoms with E-state index in [4.69, 9.17) is 5.11 Å². The molecule has 0 radical (unpaired) electrons. The number of amides is 1. The lowest BCUT2D eigenvalue weighted by molar-refractivity contribution is 0.140. The summed E-state index contributed by atoms with van der Waals surface area (Å²) in [7, 11) is 0. The lowest BCUT2D eigenvalue weighted by Crippen LogP contribution is -2.41. The smallest absolute Gasteiger partial charge is 0.407 e. The van der Waals surface area contributed by atoms with Crippen molar-refractivity contribution in [2.45, 2.75) is 32.1 Å². The van der Waals surface area contributed by atoms with Gasteiger partial charge in [0.25, 0.3) is 0 Å². The molecule has 5 heteroatoms. The number of nitrogens with zero attached hydrogens (tertiary/aromatic N) is 3. The van der Waals surface area contributed by atoms with Gasteiger partial charge >= 0.3 is 6.09 Å². The lowest BCUT2D eigenvalue weighted by Gasteiger charge is -2.42. The molecule has 1 amide bonds. The molecule has 1 aromatic rings. The summed E-state index contributed by atoms with van der Waals surface area (Å²) in [6.07, 6.45) is 8.45. The maximum absolute atomic E-state index is 11.1. The van der Waals surface area contributed by atoms with E-state index in [1.54, 1.807) is 4.90 Å². The summed E-state index contributed by atoms with van der Waals surface area (Å²) in [6, 6.07) is 4.13. The van der Waals surface area contributed by atoms with E-state index < -0.39 is 6.09 Å². The zero-order valence-electron chi connectivity index (χ0n) is 12.4. The molecule has 0 aromatic carbocycles. The van der Waals surface area contributed by atoms with Crippen LogP contribution in [0.15, 0.2) is 24.5 Å². The molecule has 0 aliphatic carbocycles. The molecule has 2 saturated heterocycles. The van der Waals surface area contributed by atoms with Crippen LogP contribution in [0.3, 0.4) is 0 Å². The van der Waals surface area contributed by atoms with Crippen molar-refractivity contribution in [3.05, 3.63) is 24.5 Å². The number of hydrogen-bond donors (Lipinski definition) is 1. The maximum Gasteiger partial charge on any atom is 0.407 e. The minimum absolute atomic E-state index is 0.355. The fourth-order valence-corrected chi connectivity index (χ4v) is 3.74. The van der Waals surface area contributed by atoms with Crippen LogP contribution in [-0.4, -0.2) is 47.3 Å². The van der Waals surface area contributed by atoms with Crippen molar-refractivity contribution in [1.29, 1.82) is 0 Å². The SMILES string of the molecule is O=C(O)N1CCCC2(CC1)CCN(c1ccncc1)CC2. The molecule has 2 aliphatic rings. The molecule has 1 spiro atoms. The van der Waals surface area contributed by atoms with E-state index in [0.29, 0.717) is 18.5 Å². The van der Waals surface area contributed by atoms with Crippen molar-refractivity contribution in [2.24, 2.45) is 5.41 Å². The summed E-state index contributed by atoms with van der Waals surface area (Å²) in [5.74, 6) is 0. The first kappa shape index (κ1) is 14.2.